The first-order chi connectivity index (χ1) is 15.1. The smallest absolute Gasteiger partial charge is 0.264 e. The first-order valence-electron chi connectivity index (χ1n) is 11.3. The lowest BCUT2D eigenvalue weighted by Gasteiger charge is -2.35. The number of hydrogen-bond acceptors (Lipinski definition) is 7. The third kappa shape index (κ3) is 4.32. The maximum atomic E-state index is 13.4. The summed E-state index contributed by atoms with van der Waals surface area (Å²) < 4.78 is 1.07. The van der Waals surface area contributed by atoms with Gasteiger partial charge in [-0.2, -0.15) is 4.98 Å². The van der Waals surface area contributed by atoms with Gasteiger partial charge in [-0.25, -0.2) is 4.98 Å². The van der Waals surface area contributed by atoms with Gasteiger partial charge in [-0.05, 0) is 49.8 Å². The van der Waals surface area contributed by atoms with E-state index in [9.17, 15) is 4.79 Å². The van der Waals surface area contributed by atoms with E-state index < -0.39 is 0 Å². The Morgan fingerprint density at radius 3 is 2.71 bits per heavy atom. The highest BCUT2D eigenvalue weighted by Crippen LogP contribution is 2.33. The molecule has 3 unspecified atom stereocenters. The van der Waals surface area contributed by atoms with Gasteiger partial charge in [-0.1, -0.05) is 26.0 Å². The predicted octanol–water partition coefficient (Wildman–Crippen LogP) is 3.69. The molecule has 7 nitrogen and oxygen atoms in total. The van der Waals surface area contributed by atoms with Gasteiger partial charge in [0.25, 0.3) is 5.56 Å². The predicted molar refractivity (Wildman–Crippen MR) is 128 cm³/mol. The molecule has 0 saturated carbocycles. The molecule has 2 aliphatic rings. The van der Waals surface area contributed by atoms with Crippen molar-refractivity contribution in [1.29, 1.82) is 0 Å². The van der Waals surface area contributed by atoms with Crippen molar-refractivity contribution in [3.05, 3.63) is 34.6 Å². The largest absolute Gasteiger partial charge is 0.365 e. The molecule has 3 N–H and O–H groups in total. The van der Waals surface area contributed by atoms with E-state index in [-0.39, 0.29) is 11.6 Å². The monoisotopic (exact) mass is 438 g/mol. The maximum absolute atomic E-state index is 13.4. The molecular weight excluding hydrogens is 408 g/mol. The van der Waals surface area contributed by atoms with Crippen LogP contribution in [-0.2, 0) is 0 Å². The number of aromatic nitrogens is 3. The number of aromatic amines is 1. The number of thiazole rings is 1. The van der Waals surface area contributed by atoms with Gasteiger partial charge in [-0.3, -0.25) is 9.78 Å². The Hall–Kier alpha value is -2.45. The number of anilines is 2. The number of fused-ring (bicyclic) bond motifs is 1. The highest BCUT2D eigenvalue weighted by Gasteiger charge is 2.26. The Morgan fingerprint density at radius 2 is 1.97 bits per heavy atom. The Balaban J connectivity index is 1.57. The zero-order chi connectivity index (χ0) is 21.4. The third-order valence-electron chi connectivity index (χ3n) is 6.22. The van der Waals surface area contributed by atoms with Gasteiger partial charge in [0.1, 0.15) is 16.4 Å². The van der Waals surface area contributed by atoms with Gasteiger partial charge < -0.3 is 15.5 Å². The van der Waals surface area contributed by atoms with Crippen LogP contribution in [0.25, 0.3) is 20.8 Å². The Bertz CT molecular complexity index is 1080. The summed E-state index contributed by atoms with van der Waals surface area (Å²) in [6, 6.07) is 8.26. The summed E-state index contributed by atoms with van der Waals surface area (Å²) in [6.45, 7) is 8.28. The molecule has 0 bridgehead atoms. The van der Waals surface area contributed by atoms with E-state index >= 15 is 0 Å². The number of hydrogen-bond donors (Lipinski definition) is 3. The normalized spacial score (nSPS) is 24.5. The molecule has 5 rings (SSSR count). The first-order valence-corrected chi connectivity index (χ1v) is 12.1. The summed E-state index contributed by atoms with van der Waals surface area (Å²) >= 11 is 1.54. The van der Waals surface area contributed by atoms with Crippen LogP contribution in [0.5, 0.6) is 0 Å². The summed E-state index contributed by atoms with van der Waals surface area (Å²) in [6.07, 6.45) is 3.39. The van der Waals surface area contributed by atoms with Crippen molar-refractivity contribution >= 4 is 33.3 Å². The molecule has 4 heterocycles. The highest BCUT2D eigenvalue weighted by molar-refractivity contribution is 7.21. The van der Waals surface area contributed by atoms with E-state index in [1.54, 1.807) is 11.3 Å². The lowest BCUT2D eigenvalue weighted by Crippen LogP contribution is -2.41. The van der Waals surface area contributed by atoms with Crippen LogP contribution in [0, 0.1) is 11.8 Å². The standard InChI is InChI=1S/C23H30N6OS/c1-14-10-15(2)13-29(12-14)23-27-20(25-16-6-5-9-24-11-16)19(21(30)28-23)22-26-17-7-3-4-8-18(17)31-22/h3-4,7-8,14-16,24H,5-6,9-13H2,1-2H3,(H2,25,27,28,30). The van der Waals surface area contributed by atoms with E-state index in [0.717, 1.165) is 49.2 Å². The topological polar surface area (TPSA) is 85.9 Å². The zero-order valence-corrected chi connectivity index (χ0v) is 19.0. The van der Waals surface area contributed by atoms with Gasteiger partial charge in [0, 0.05) is 25.7 Å². The van der Waals surface area contributed by atoms with E-state index in [0.29, 0.717) is 34.2 Å². The van der Waals surface area contributed by atoms with Crippen molar-refractivity contribution in [3.63, 3.8) is 0 Å². The molecule has 3 atom stereocenters. The fourth-order valence-corrected chi connectivity index (χ4v) is 5.91. The molecule has 2 saturated heterocycles. The fraction of sp³-hybridized carbons (Fsp3) is 0.522. The van der Waals surface area contributed by atoms with Gasteiger partial charge in [0.15, 0.2) is 0 Å². The number of benzene rings is 1. The second-order valence-electron chi connectivity index (χ2n) is 9.14. The quantitative estimate of drug-likeness (QED) is 0.576. The van der Waals surface area contributed by atoms with E-state index in [1.165, 1.54) is 6.42 Å². The average molecular weight is 439 g/mol. The van der Waals surface area contributed by atoms with Gasteiger partial charge in [0.2, 0.25) is 5.95 Å². The van der Waals surface area contributed by atoms with Crippen molar-refractivity contribution in [3.8, 4) is 10.6 Å². The van der Waals surface area contributed by atoms with Crippen molar-refractivity contribution in [2.24, 2.45) is 11.8 Å². The first kappa shape index (κ1) is 20.5. The van der Waals surface area contributed by atoms with Crippen LogP contribution < -0.4 is 21.1 Å². The minimum atomic E-state index is -0.124. The maximum Gasteiger partial charge on any atom is 0.264 e. The zero-order valence-electron chi connectivity index (χ0n) is 18.1. The van der Waals surface area contributed by atoms with Crippen LogP contribution in [0.4, 0.5) is 11.8 Å². The van der Waals surface area contributed by atoms with Crippen LogP contribution in [-0.4, -0.2) is 47.2 Å². The summed E-state index contributed by atoms with van der Waals surface area (Å²) in [7, 11) is 0. The molecule has 31 heavy (non-hydrogen) atoms. The molecule has 0 amide bonds. The molecule has 2 fully saturated rings. The molecule has 3 aromatic rings. The van der Waals surface area contributed by atoms with Crippen molar-refractivity contribution < 1.29 is 0 Å². The molecule has 2 aromatic heterocycles. The van der Waals surface area contributed by atoms with Crippen LogP contribution in [0.15, 0.2) is 29.1 Å². The van der Waals surface area contributed by atoms with Crippen molar-refractivity contribution in [1.82, 2.24) is 20.3 Å². The van der Waals surface area contributed by atoms with Gasteiger partial charge >= 0.3 is 0 Å². The van der Waals surface area contributed by atoms with E-state index in [1.807, 2.05) is 24.3 Å². The number of rotatable bonds is 4. The lowest BCUT2D eigenvalue weighted by molar-refractivity contribution is 0.353. The number of nitrogens with one attached hydrogen (secondary N) is 3. The van der Waals surface area contributed by atoms with E-state index in [2.05, 4.69) is 34.4 Å². The van der Waals surface area contributed by atoms with Crippen molar-refractivity contribution in [2.75, 3.05) is 36.4 Å². The third-order valence-corrected chi connectivity index (χ3v) is 7.27. The Morgan fingerprint density at radius 1 is 1.16 bits per heavy atom. The van der Waals surface area contributed by atoms with E-state index in [4.69, 9.17) is 9.97 Å². The Labute approximate surface area is 186 Å². The van der Waals surface area contributed by atoms with Crippen LogP contribution >= 0.6 is 11.3 Å². The highest BCUT2D eigenvalue weighted by atomic mass is 32.1. The molecule has 8 heteroatoms. The van der Waals surface area contributed by atoms with Crippen LogP contribution in [0.1, 0.15) is 33.1 Å². The molecule has 2 aliphatic heterocycles. The Kier molecular flexibility index (Phi) is 5.67. The summed E-state index contributed by atoms with van der Waals surface area (Å²) in [4.78, 5) is 28.4. The summed E-state index contributed by atoms with van der Waals surface area (Å²) in [5.74, 6) is 2.48. The number of piperidine rings is 2. The van der Waals surface area contributed by atoms with Gasteiger partial charge in [-0.15, -0.1) is 11.3 Å². The average Bonchev–Trinajstić information content (AvgIpc) is 3.17. The SMILES string of the molecule is CC1CC(C)CN(c2nc(NC3CCCNC3)c(-c3nc4ccccc4s3)c(=O)[nH]2)C1. The van der Waals surface area contributed by atoms with Crippen LogP contribution in [0.3, 0.4) is 0 Å². The molecule has 1 aromatic carbocycles. The second kappa shape index (κ2) is 8.59. The van der Waals surface area contributed by atoms with Crippen molar-refractivity contribution in [2.45, 2.75) is 39.2 Å². The second-order valence-corrected chi connectivity index (χ2v) is 10.2. The summed E-state index contributed by atoms with van der Waals surface area (Å²) in [5.41, 5.74) is 1.34. The summed E-state index contributed by atoms with van der Waals surface area (Å²) in [5, 5.41) is 7.74. The number of H-pyrrole nitrogens is 1. The van der Waals surface area contributed by atoms with Gasteiger partial charge in [0.05, 0.1) is 10.2 Å². The number of para-hydroxylation sites is 1. The molecule has 0 spiro atoms. The minimum Gasteiger partial charge on any atom is -0.365 e. The van der Waals surface area contributed by atoms with Crippen LogP contribution in [0.2, 0.25) is 0 Å². The lowest BCUT2D eigenvalue weighted by atomic mass is 9.92. The molecule has 0 radical (unpaired) electrons. The molecule has 0 aliphatic carbocycles. The molecule has 164 valence electrons. The number of nitrogens with zero attached hydrogens (tertiary/aromatic N) is 3. The molecular formula is C23H30N6OS. The minimum absolute atomic E-state index is 0.124. The fourth-order valence-electron chi connectivity index (χ4n) is 4.90.